The number of amides is 1. The maximum atomic E-state index is 11.9. The van der Waals surface area contributed by atoms with E-state index in [0.29, 0.717) is 0 Å². The third-order valence-electron chi connectivity index (χ3n) is 5.38. The number of carbonyl (C=O) groups excluding carboxylic acids is 1. The lowest BCUT2D eigenvalue weighted by atomic mass is 9.95. The Hall–Kier alpha value is -2.67. The number of hydrogen-bond donors (Lipinski definition) is 1. The van der Waals surface area contributed by atoms with Gasteiger partial charge < -0.3 is 14.7 Å². The second-order valence-electron chi connectivity index (χ2n) is 7.12. The van der Waals surface area contributed by atoms with Crippen LogP contribution in [0.25, 0.3) is 22.0 Å². The van der Waals surface area contributed by atoms with Crippen molar-refractivity contribution in [3.8, 4) is 11.1 Å². The first kappa shape index (κ1) is 18.7. The van der Waals surface area contributed by atoms with Gasteiger partial charge in [-0.2, -0.15) is 4.98 Å². The summed E-state index contributed by atoms with van der Waals surface area (Å²) in [6, 6.07) is 6.02. The molecule has 0 unspecified atom stereocenters. The van der Waals surface area contributed by atoms with Crippen LogP contribution in [0.2, 0.25) is 5.28 Å². The minimum absolute atomic E-state index is 0.0442. The number of carbonyl (C=O) groups is 1. The Bertz CT molecular complexity index is 1020. The minimum atomic E-state index is 0.0442. The summed E-state index contributed by atoms with van der Waals surface area (Å²) in [5, 5.41) is 7.95. The van der Waals surface area contributed by atoms with Crippen molar-refractivity contribution in [2.24, 2.45) is 5.92 Å². The van der Waals surface area contributed by atoms with E-state index in [1.807, 2.05) is 26.0 Å². The molecule has 1 fully saturated rings. The summed E-state index contributed by atoms with van der Waals surface area (Å²) in [7, 11) is 1.68. The van der Waals surface area contributed by atoms with E-state index in [1.165, 1.54) is 0 Å². The highest BCUT2D eigenvalue weighted by molar-refractivity contribution is 6.28. The fourth-order valence-corrected chi connectivity index (χ4v) is 4.11. The van der Waals surface area contributed by atoms with E-state index in [9.17, 15) is 4.79 Å². The normalized spacial score (nSPS) is 15.2. The molecule has 1 aliphatic rings. The molecule has 0 atom stereocenters. The number of fused-ring (bicyclic) bond motifs is 1. The first-order valence-corrected chi connectivity index (χ1v) is 9.73. The van der Waals surface area contributed by atoms with Gasteiger partial charge in [-0.3, -0.25) is 4.79 Å². The van der Waals surface area contributed by atoms with Crippen LogP contribution in [0.3, 0.4) is 0 Å². The smallest absolute Gasteiger partial charge is 0.224 e. The second-order valence-corrected chi connectivity index (χ2v) is 7.46. The number of aromatic nitrogens is 3. The lowest BCUT2D eigenvalue weighted by Gasteiger charge is -2.32. The largest absolute Gasteiger partial charge is 0.361 e. The van der Waals surface area contributed by atoms with Gasteiger partial charge >= 0.3 is 0 Å². The molecule has 3 aromatic rings. The third kappa shape index (κ3) is 3.30. The van der Waals surface area contributed by atoms with E-state index in [1.54, 1.807) is 7.05 Å². The van der Waals surface area contributed by atoms with E-state index in [4.69, 9.17) is 16.1 Å². The van der Waals surface area contributed by atoms with Crippen LogP contribution in [0.5, 0.6) is 0 Å². The fraction of sp³-hybridized carbons (Fsp3) is 0.400. The van der Waals surface area contributed by atoms with Gasteiger partial charge in [0.25, 0.3) is 0 Å². The summed E-state index contributed by atoms with van der Waals surface area (Å²) < 4.78 is 5.32. The van der Waals surface area contributed by atoms with Crippen LogP contribution >= 0.6 is 11.6 Å². The first-order valence-electron chi connectivity index (χ1n) is 9.35. The van der Waals surface area contributed by atoms with Crippen LogP contribution in [0.15, 0.2) is 22.7 Å². The fourth-order valence-electron chi connectivity index (χ4n) is 3.93. The summed E-state index contributed by atoms with van der Waals surface area (Å²) in [5.74, 6) is 1.73. The summed E-state index contributed by atoms with van der Waals surface area (Å²) in [6.45, 7) is 5.33. The Morgan fingerprint density at radius 2 is 2.00 bits per heavy atom. The van der Waals surface area contributed by atoms with E-state index < -0.39 is 0 Å². The maximum Gasteiger partial charge on any atom is 0.224 e. The molecule has 2 aromatic heterocycles. The molecule has 1 aliphatic heterocycles. The Morgan fingerprint density at radius 1 is 1.25 bits per heavy atom. The van der Waals surface area contributed by atoms with E-state index in [2.05, 4.69) is 31.4 Å². The van der Waals surface area contributed by atoms with Crippen molar-refractivity contribution in [2.45, 2.75) is 26.7 Å². The summed E-state index contributed by atoms with van der Waals surface area (Å²) >= 11 is 6.20. The number of aryl methyl sites for hydroxylation is 2. The van der Waals surface area contributed by atoms with Gasteiger partial charge in [-0.1, -0.05) is 11.2 Å². The Balaban J connectivity index is 1.74. The molecule has 4 rings (SSSR count). The number of rotatable bonds is 3. The number of nitrogens with one attached hydrogen (secondary N) is 1. The Labute approximate surface area is 168 Å². The highest BCUT2D eigenvalue weighted by atomic mass is 35.5. The van der Waals surface area contributed by atoms with Crippen LogP contribution in [-0.4, -0.2) is 41.2 Å². The molecule has 7 nitrogen and oxygen atoms in total. The molecule has 1 aromatic carbocycles. The quantitative estimate of drug-likeness (QED) is 0.678. The minimum Gasteiger partial charge on any atom is -0.361 e. The van der Waals surface area contributed by atoms with E-state index >= 15 is 0 Å². The van der Waals surface area contributed by atoms with Gasteiger partial charge in [0.1, 0.15) is 11.6 Å². The predicted octanol–water partition coefficient (Wildman–Crippen LogP) is 3.52. The molecule has 0 spiro atoms. The van der Waals surface area contributed by atoms with Crippen molar-refractivity contribution in [3.63, 3.8) is 0 Å². The van der Waals surface area contributed by atoms with Crippen LogP contribution in [0, 0.1) is 19.8 Å². The SMILES string of the molecule is CNC(=O)C1CCN(c2nc(Cl)nc3ccc(-c4c(C)noc4C)cc23)CC1. The van der Waals surface area contributed by atoms with Crippen molar-refractivity contribution >= 4 is 34.2 Å². The molecule has 1 amide bonds. The van der Waals surface area contributed by atoms with Crippen LogP contribution < -0.4 is 10.2 Å². The Morgan fingerprint density at radius 3 is 2.64 bits per heavy atom. The zero-order chi connectivity index (χ0) is 19.8. The van der Waals surface area contributed by atoms with Crippen LogP contribution in [0.1, 0.15) is 24.3 Å². The first-order chi connectivity index (χ1) is 13.5. The molecular formula is C20H22ClN5O2. The highest BCUT2D eigenvalue weighted by Crippen LogP contribution is 2.34. The van der Waals surface area contributed by atoms with Gasteiger partial charge in [0.15, 0.2) is 0 Å². The maximum absolute atomic E-state index is 11.9. The van der Waals surface area contributed by atoms with Crippen LogP contribution in [-0.2, 0) is 4.79 Å². The third-order valence-corrected chi connectivity index (χ3v) is 5.55. The topological polar surface area (TPSA) is 84.2 Å². The average Bonchev–Trinajstić information content (AvgIpc) is 3.04. The molecule has 0 radical (unpaired) electrons. The van der Waals surface area contributed by atoms with Crippen molar-refractivity contribution in [1.82, 2.24) is 20.4 Å². The van der Waals surface area contributed by atoms with Crippen molar-refractivity contribution < 1.29 is 9.32 Å². The van der Waals surface area contributed by atoms with Crippen molar-refractivity contribution in [1.29, 1.82) is 0 Å². The number of hydrogen-bond acceptors (Lipinski definition) is 6. The molecule has 1 saturated heterocycles. The standard InChI is InChI=1S/C20H22ClN5O2/c1-11-17(12(2)28-25-11)14-4-5-16-15(10-14)18(24-20(21)23-16)26-8-6-13(7-9-26)19(27)22-3/h4-5,10,13H,6-9H2,1-3H3,(H,22,27). The molecular weight excluding hydrogens is 378 g/mol. The summed E-state index contributed by atoms with van der Waals surface area (Å²) in [4.78, 5) is 23.0. The monoisotopic (exact) mass is 399 g/mol. The summed E-state index contributed by atoms with van der Waals surface area (Å²) in [6.07, 6.45) is 1.57. The molecule has 28 heavy (non-hydrogen) atoms. The molecule has 0 aliphatic carbocycles. The number of nitrogens with zero attached hydrogens (tertiary/aromatic N) is 4. The molecule has 146 valence electrons. The second kappa shape index (κ2) is 7.39. The molecule has 1 N–H and O–H groups in total. The van der Waals surface area contributed by atoms with Gasteiger partial charge in [-0.05, 0) is 56.0 Å². The van der Waals surface area contributed by atoms with Gasteiger partial charge in [0, 0.05) is 37.0 Å². The zero-order valence-electron chi connectivity index (χ0n) is 16.1. The molecule has 0 bridgehead atoms. The van der Waals surface area contributed by atoms with E-state index in [-0.39, 0.29) is 17.1 Å². The van der Waals surface area contributed by atoms with Gasteiger partial charge in [-0.25, -0.2) is 4.98 Å². The summed E-state index contributed by atoms with van der Waals surface area (Å²) in [5.41, 5.74) is 3.64. The number of anilines is 1. The van der Waals surface area contributed by atoms with Crippen LogP contribution in [0.4, 0.5) is 5.82 Å². The Kier molecular flexibility index (Phi) is 4.93. The van der Waals surface area contributed by atoms with Crippen molar-refractivity contribution in [3.05, 3.63) is 34.9 Å². The van der Waals surface area contributed by atoms with E-state index in [0.717, 1.165) is 65.2 Å². The average molecular weight is 400 g/mol. The lowest BCUT2D eigenvalue weighted by molar-refractivity contribution is -0.125. The number of piperidine rings is 1. The molecule has 0 saturated carbocycles. The van der Waals surface area contributed by atoms with Crippen molar-refractivity contribution in [2.75, 3.05) is 25.0 Å². The molecule has 3 heterocycles. The number of benzene rings is 1. The predicted molar refractivity (Wildman–Crippen MR) is 109 cm³/mol. The van der Waals surface area contributed by atoms with Gasteiger partial charge in [0.2, 0.25) is 11.2 Å². The lowest BCUT2D eigenvalue weighted by Crippen LogP contribution is -2.40. The zero-order valence-corrected chi connectivity index (χ0v) is 16.9. The highest BCUT2D eigenvalue weighted by Gasteiger charge is 2.26. The number of halogens is 1. The van der Waals surface area contributed by atoms with Gasteiger partial charge in [-0.15, -0.1) is 0 Å². The molecule has 8 heteroatoms. The van der Waals surface area contributed by atoms with Gasteiger partial charge in [0.05, 0.1) is 11.2 Å².